The van der Waals surface area contributed by atoms with E-state index in [1.165, 1.54) is 25.6 Å². The molecule has 1 saturated heterocycles. The summed E-state index contributed by atoms with van der Waals surface area (Å²) in [4.78, 5) is 35.2. The number of esters is 3. The van der Waals surface area contributed by atoms with E-state index in [2.05, 4.69) is 0 Å². The highest BCUT2D eigenvalue weighted by atomic mass is 32.2. The number of rotatable bonds is 5. The summed E-state index contributed by atoms with van der Waals surface area (Å²) >= 11 is 1.44. The van der Waals surface area contributed by atoms with Crippen molar-refractivity contribution in [2.24, 2.45) is 0 Å². The van der Waals surface area contributed by atoms with Crippen LogP contribution in [-0.4, -0.2) is 42.0 Å². The van der Waals surface area contributed by atoms with E-state index >= 15 is 0 Å². The Kier molecular flexibility index (Phi) is 6.04. The van der Waals surface area contributed by atoms with E-state index in [1.54, 1.807) is 0 Å². The van der Waals surface area contributed by atoms with Crippen molar-refractivity contribution >= 4 is 29.7 Å². The Hall–Kier alpha value is -2.02. The lowest BCUT2D eigenvalue weighted by Crippen LogP contribution is -2.49. The van der Waals surface area contributed by atoms with E-state index in [0.29, 0.717) is 0 Å². The van der Waals surface area contributed by atoms with Gasteiger partial charge in [0.2, 0.25) is 0 Å². The highest BCUT2D eigenvalue weighted by Crippen LogP contribution is 2.34. The molecule has 0 spiro atoms. The number of carbonyl (C=O) groups excluding carboxylic acids is 3. The van der Waals surface area contributed by atoms with E-state index < -0.39 is 30.1 Å². The van der Waals surface area contributed by atoms with Crippen LogP contribution in [0, 0.1) is 0 Å². The average molecular weight is 338 g/mol. The molecular formula is C16H18O6S. The second-order valence-electron chi connectivity index (χ2n) is 5.08. The van der Waals surface area contributed by atoms with Gasteiger partial charge in [0.05, 0.1) is 11.7 Å². The van der Waals surface area contributed by atoms with Gasteiger partial charge in [0, 0.05) is 18.7 Å². The van der Waals surface area contributed by atoms with Crippen LogP contribution in [-0.2, 0) is 28.6 Å². The Morgan fingerprint density at radius 3 is 2.52 bits per heavy atom. The summed E-state index contributed by atoms with van der Waals surface area (Å²) in [6, 6.07) is 9.50. The van der Waals surface area contributed by atoms with Crippen LogP contribution in [0.25, 0.3) is 0 Å². The molecule has 0 unspecified atom stereocenters. The fraction of sp³-hybridized carbons (Fsp3) is 0.438. The van der Waals surface area contributed by atoms with Crippen LogP contribution in [0.15, 0.2) is 35.2 Å². The first-order valence-corrected chi connectivity index (χ1v) is 8.05. The van der Waals surface area contributed by atoms with Gasteiger partial charge in [-0.25, -0.2) is 0 Å². The second kappa shape index (κ2) is 8.01. The zero-order chi connectivity index (χ0) is 16.8. The molecule has 124 valence electrons. The molecule has 7 heteroatoms. The molecule has 1 aliphatic heterocycles. The summed E-state index contributed by atoms with van der Waals surface area (Å²) in [6.07, 6.45) is -1.35. The van der Waals surface area contributed by atoms with Gasteiger partial charge in [0.15, 0.2) is 12.2 Å². The molecule has 23 heavy (non-hydrogen) atoms. The fourth-order valence-electron chi connectivity index (χ4n) is 2.26. The minimum atomic E-state index is -0.801. The molecule has 1 heterocycles. The minimum absolute atomic E-state index is 0.119. The van der Waals surface area contributed by atoms with E-state index in [0.717, 1.165) is 4.90 Å². The summed E-state index contributed by atoms with van der Waals surface area (Å²) < 4.78 is 15.5. The number of thioether (sulfide) groups is 1. The van der Waals surface area contributed by atoms with E-state index in [4.69, 9.17) is 14.2 Å². The fourth-order valence-corrected chi connectivity index (χ4v) is 3.51. The van der Waals surface area contributed by atoms with E-state index in [-0.39, 0.29) is 18.3 Å². The van der Waals surface area contributed by atoms with Crippen molar-refractivity contribution in [2.75, 3.05) is 6.61 Å². The number of ether oxygens (including phenoxy) is 3. The number of hydrogen-bond acceptors (Lipinski definition) is 7. The van der Waals surface area contributed by atoms with Crippen molar-refractivity contribution in [1.82, 2.24) is 0 Å². The van der Waals surface area contributed by atoms with Crippen LogP contribution >= 0.6 is 11.8 Å². The Bertz CT molecular complexity index is 573. The standard InChI is InChI=1S/C16H18O6S/c1-10(17)20-9-13-16(21-11(2)18)14(8-15(19)22-13)23-12-6-4-3-5-7-12/h3-7,13-14,16H,8-9H2,1-2H3/t13-,14-,16-/m1/s1. The lowest BCUT2D eigenvalue weighted by molar-refractivity contribution is -0.182. The summed E-state index contributed by atoms with van der Waals surface area (Å²) in [5.41, 5.74) is 0. The van der Waals surface area contributed by atoms with Crippen LogP contribution in [0.3, 0.4) is 0 Å². The van der Waals surface area contributed by atoms with Crippen LogP contribution in [0.5, 0.6) is 0 Å². The molecular weight excluding hydrogens is 320 g/mol. The van der Waals surface area contributed by atoms with Crippen molar-refractivity contribution < 1.29 is 28.6 Å². The molecule has 1 aromatic rings. The van der Waals surface area contributed by atoms with E-state index in [9.17, 15) is 14.4 Å². The zero-order valence-corrected chi connectivity index (χ0v) is 13.7. The molecule has 0 bridgehead atoms. The van der Waals surface area contributed by atoms with Crippen molar-refractivity contribution in [3.05, 3.63) is 30.3 Å². The first kappa shape index (κ1) is 17.3. The Morgan fingerprint density at radius 1 is 1.22 bits per heavy atom. The highest BCUT2D eigenvalue weighted by molar-refractivity contribution is 8.00. The third-order valence-corrected chi connectivity index (χ3v) is 4.45. The van der Waals surface area contributed by atoms with Gasteiger partial charge >= 0.3 is 17.9 Å². The first-order chi connectivity index (χ1) is 11.0. The normalized spacial score (nSPS) is 23.7. The van der Waals surface area contributed by atoms with Gasteiger partial charge in [-0.3, -0.25) is 14.4 Å². The summed E-state index contributed by atoms with van der Waals surface area (Å²) in [5.74, 6) is -1.36. The molecule has 1 aliphatic rings. The van der Waals surface area contributed by atoms with E-state index in [1.807, 2.05) is 30.3 Å². The third kappa shape index (κ3) is 5.28. The first-order valence-electron chi connectivity index (χ1n) is 7.17. The molecule has 2 rings (SSSR count). The molecule has 0 aromatic heterocycles. The molecule has 0 N–H and O–H groups in total. The number of benzene rings is 1. The molecule has 0 amide bonds. The Balaban J connectivity index is 2.16. The second-order valence-corrected chi connectivity index (χ2v) is 6.39. The maximum Gasteiger partial charge on any atom is 0.307 e. The summed E-state index contributed by atoms with van der Waals surface area (Å²) in [6.45, 7) is 2.43. The van der Waals surface area contributed by atoms with Crippen molar-refractivity contribution in [3.63, 3.8) is 0 Å². The number of cyclic esters (lactones) is 1. The predicted molar refractivity (Wildman–Crippen MR) is 82.8 cm³/mol. The molecule has 3 atom stereocenters. The van der Waals surface area contributed by atoms with Gasteiger partial charge in [-0.1, -0.05) is 18.2 Å². The van der Waals surface area contributed by atoms with Gasteiger partial charge in [-0.15, -0.1) is 11.8 Å². The van der Waals surface area contributed by atoms with Gasteiger partial charge in [0.25, 0.3) is 0 Å². The molecule has 0 saturated carbocycles. The lowest BCUT2D eigenvalue weighted by atomic mass is 10.0. The largest absolute Gasteiger partial charge is 0.462 e. The maximum atomic E-state index is 11.8. The molecule has 1 fully saturated rings. The minimum Gasteiger partial charge on any atom is -0.462 e. The van der Waals surface area contributed by atoms with Crippen LogP contribution in [0.1, 0.15) is 20.3 Å². The van der Waals surface area contributed by atoms with Crippen molar-refractivity contribution in [1.29, 1.82) is 0 Å². The van der Waals surface area contributed by atoms with Crippen molar-refractivity contribution in [3.8, 4) is 0 Å². The van der Waals surface area contributed by atoms with Crippen molar-refractivity contribution in [2.45, 2.75) is 42.6 Å². The van der Waals surface area contributed by atoms with Gasteiger partial charge in [-0.05, 0) is 12.1 Å². The number of carbonyl (C=O) groups is 3. The molecule has 1 aromatic carbocycles. The smallest absolute Gasteiger partial charge is 0.307 e. The van der Waals surface area contributed by atoms with Crippen LogP contribution < -0.4 is 0 Å². The summed E-state index contributed by atoms with van der Waals surface area (Å²) in [7, 11) is 0. The predicted octanol–water partition coefficient (Wildman–Crippen LogP) is 1.96. The summed E-state index contributed by atoms with van der Waals surface area (Å²) in [5, 5.41) is -0.303. The topological polar surface area (TPSA) is 78.9 Å². The third-order valence-electron chi connectivity index (χ3n) is 3.17. The quantitative estimate of drug-likeness (QED) is 0.600. The average Bonchev–Trinajstić information content (AvgIpc) is 2.48. The highest BCUT2D eigenvalue weighted by Gasteiger charge is 2.42. The van der Waals surface area contributed by atoms with Gasteiger partial charge in [-0.2, -0.15) is 0 Å². The monoisotopic (exact) mass is 338 g/mol. The maximum absolute atomic E-state index is 11.8. The SMILES string of the molecule is CC(=O)OC[C@H]1OC(=O)C[C@@H](Sc2ccccc2)[C@@H]1OC(C)=O. The van der Waals surface area contributed by atoms with Crippen LogP contribution in [0.2, 0.25) is 0 Å². The lowest BCUT2D eigenvalue weighted by Gasteiger charge is -2.35. The Labute approximate surface area is 138 Å². The van der Waals surface area contributed by atoms with Crippen LogP contribution in [0.4, 0.5) is 0 Å². The zero-order valence-electron chi connectivity index (χ0n) is 12.9. The molecule has 6 nitrogen and oxygen atoms in total. The van der Waals surface area contributed by atoms with Gasteiger partial charge < -0.3 is 14.2 Å². The number of hydrogen-bond donors (Lipinski definition) is 0. The van der Waals surface area contributed by atoms with Gasteiger partial charge in [0.1, 0.15) is 6.61 Å². The Morgan fingerprint density at radius 2 is 1.91 bits per heavy atom. The molecule has 0 aliphatic carbocycles. The molecule has 0 radical (unpaired) electrons.